The lowest BCUT2D eigenvalue weighted by atomic mass is 9.94. The number of amides is 1. The van der Waals surface area contributed by atoms with Gasteiger partial charge >= 0.3 is 0 Å². The molecular formula is C12H15FN2O2. The summed E-state index contributed by atoms with van der Waals surface area (Å²) < 4.78 is 12.9. The minimum atomic E-state index is -0.702. The third-order valence-corrected chi connectivity index (χ3v) is 3.06. The van der Waals surface area contributed by atoms with Crippen LogP contribution in [-0.2, 0) is 0 Å². The third kappa shape index (κ3) is 2.79. The van der Waals surface area contributed by atoms with E-state index < -0.39 is 11.5 Å². The predicted octanol–water partition coefficient (Wildman–Crippen LogP) is 1.21. The number of pyridine rings is 1. The topological polar surface area (TPSA) is 53.4 Å². The number of aliphatic hydroxyl groups is 1. The number of piperidine rings is 1. The van der Waals surface area contributed by atoms with E-state index in [1.165, 1.54) is 18.2 Å². The van der Waals surface area contributed by atoms with Gasteiger partial charge in [-0.3, -0.25) is 4.79 Å². The van der Waals surface area contributed by atoms with Gasteiger partial charge in [0.15, 0.2) is 0 Å². The van der Waals surface area contributed by atoms with Crippen LogP contribution in [0.4, 0.5) is 4.39 Å². The highest BCUT2D eigenvalue weighted by molar-refractivity contribution is 5.92. The molecule has 1 aromatic rings. The molecule has 2 rings (SSSR count). The summed E-state index contributed by atoms with van der Waals surface area (Å²) in [4.78, 5) is 17.1. The average Bonchev–Trinajstić information content (AvgIpc) is 2.28. The Balaban J connectivity index is 2.07. The molecule has 1 aliphatic heterocycles. The number of hydrogen-bond acceptors (Lipinski definition) is 3. The molecule has 17 heavy (non-hydrogen) atoms. The van der Waals surface area contributed by atoms with E-state index in [1.54, 1.807) is 11.8 Å². The lowest BCUT2D eigenvalue weighted by Gasteiger charge is -2.35. The van der Waals surface area contributed by atoms with Crippen LogP contribution in [0, 0.1) is 5.95 Å². The van der Waals surface area contributed by atoms with Crippen LogP contribution >= 0.6 is 0 Å². The Labute approximate surface area is 99.1 Å². The minimum absolute atomic E-state index is 0.117. The van der Waals surface area contributed by atoms with Crippen molar-refractivity contribution in [3.8, 4) is 0 Å². The van der Waals surface area contributed by atoms with Crippen LogP contribution in [0.5, 0.6) is 0 Å². The predicted molar refractivity (Wildman–Crippen MR) is 60.0 cm³/mol. The minimum Gasteiger partial charge on any atom is -0.390 e. The van der Waals surface area contributed by atoms with Gasteiger partial charge in [0.2, 0.25) is 5.95 Å². The summed E-state index contributed by atoms with van der Waals surface area (Å²) in [6.45, 7) is 2.71. The van der Waals surface area contributed by atoms with Gasteiger partial charge in [0.05, 0.1) is 5.60 Å². The molecule has 0 atom stereocenters. The second-order valence-corrected chi connectivity index (χ2v) is 4.63. The molecule has 0 aliphatic carbocycles. The van der Waals surface area contributed by atoms with Crippen molar-refractivity contribution in [3.63, 3.8) is 0 Å². The van der Waals surface area contributed by atoms with Crippen LogP contribution in [0.15, 0.2) is 18.2 Å². The van der Waals surface area contributed by atoms with Crippen molar-refractivity contribution in [3.05, 3.63) is 29.8 Å². The molecule has 2 heterocycles. The molecule has 0 bridgehead atoms. The molecule has 0 spiro atoms. The smallest absolute Gasteiger partial charge is 0.272 e. The molecule has 4 nitrogen and oxygen atoms in total. The van der Waals surface area contributed by atoms with Crippen LogP contribution < -0.4 is 0 Å². The van der Waals surface area contributed by atoms with E-state index >= 15 is 0 Å². The van der Waals surface area contributed by atoms with Crippen molar-refractivity contribution >= 4 is 5.91 Å². The Hall–Kier alpha value is -1.49. The van der Waals surface area contributed by atoms with E-state index in [1.807, 2.05) is 0 Å². The zero-order valence-corrected chi connectivity index (χ0v) is 9.69. The molecule has 0 aromatic carbocycles. The molecule has 92 valence electrons. The standard InChI is InChI=1S/C12H15FN2O2/c1-12(17)5-7-15(8-6-12)11(16)9-3-2-4-10(13)14-9/h2-4,17H,5-8H2,1H3. The van der Waals surface area contributed by atoms with E-state index in [4.69, 9.17) is 0 Å². The maximum Gasteiger partial charge on any atom is 0.272 e. The van der Waals surface area contributed by atoms with Crippen LogP contribution in [0.1, 0.15) is 30.3 Å². The zero-order chi connectivity index (χ0) is 12.5. The summed E-state index contributed by atoms with van der Waals surface area (Å²) in [6, 6.07) is 4.17. The number of likely N-dealkylation sites (tertiary alicyclic amines) is 1. The van der Waals surface area contributed by atoms with E-state index in [2.05, 4.69) is 4.98 Å². The first-order chi connectivity index (χ1) is 7.98. The van der Waals surface area contributed by atoms with E-state index in [-0.39, 0.29) is 11.6 Å². The first-order valence-corrected chi connectivity index (χ1v) is 5.62. The summed E-state index contributed by atoms with van der Waals surface area (Å²) in [7, 11) is 0. The number of carbonyl (C=O) groups excluding carboxylic acids is 1. The van der Waals surface area contributed by atoms with Crippen LogP contribution in [0.3, 0.4) is 0 Å². The Morgan fingerprint density at radius 2 is 2.12 bits per heavy atom. The maximum absolute atomic E-state index is 12.9. The lowest BCUT2D eigenvalue weighted by Crippen LogP contribution is -2.45. The largest absolute Gasteiger partial charge is 0.390 e. The van der Waals surface area contributed by atoms with Gasteiger partial charge in [-0.25, -0.2) is 4.98 Å². The van der Waals surface area contributed by atoms with Gasteiger partial charge in [0, 0.05) is 13.1 Å². The molecule has 1 fully saturated rings. The highest BCUT2D eigenvalue weighted by Crippen LogP contribution is 2.22. The highest BCUT2D eigenvalue weighted by atomic mass is 19.1. The van der Waals surface area contributed by atoms with Gasteiger partial charge in [-0.15, -0.1) is 0 Å². The second kappa shape index (κ2) is 4.41. The second-order valence-electron chi connectivity index (χ2n) is 4.63. The summed E-state index contributed by atoms with van der Waals surface area (Å²) in [5.74, 6) is -0.931. The van der Waals surface area contributed by atoms with Gasteiger partial charge in [-0.1, -0.05) is 6.07 Å². The number of nitrogens with zero attached hydrogens (tertiary/aromatic N) is 2. The Bertz CT molecular complexity index is 424. The van der Waals surface area contributed by atoms with Gasteiger partial charge in [-0.05, 0) is 31.9 Å². The molecule has 0 radical (unpaired) electrons. The van der Waals surface area contributed by atoms with E-state index in [9.17, 15) is 14.3 Å². The number of carbonyl (C=O) groups is 1. The van der Waals surface area contributed by atoms with Crippen LogP contribution in [0.2, 0.25) is 0 Å². The van der Waals surface area contributed by atoms with Crippen molar-refractivity contribution in [2.45, 2.75) is 25.4 Å². The average molecular weight is 238 g/mol. The first-order valence-electron chi connectivity index (χ1n) is 5.62. The SMILES string of the molecule is CC1(O)CCN(C(=O)c2cccc(F)n2)CC1. The number of rotatable bonds is 1. The molecule has 1 aliphatic rings. The fraction of sp³-hybridized carbons (Fsp3) is 0.500. The third-order valence-electron chi connectivity index (χ3n) is 3.06. The molecule has 1 N–H and O–H groups in total. The molecule has 0 saturated carbocycles. The maximum atomic E-state index is 12.9. The Kier molecular flexibility index (Phi) is 3.11. The van der Waals surface area contributed by atoms with Crippen molar-refractivity contribution < 1.29 is 14.3 Å². The van der Waals surface area contributed by atoms with Crippen molar-refractivity contribution in [1.29, 1.82) is 0 Å². The van der Waals surface area contributed by atoms with Gasteiger partial charge < -0.3 is 10.0 Å². The Morgan fingerprint density at radius 1 is 1.47 bits per heavy atom. The van der Waals surface area contributed by atoms with Crippen LogP contribution in [0.25, 0.3) is 0 Å². The number of hydrogen-bond donors (Lipinski definition) is 1. The van der Waals surface area contributed by atoms with E-state index in [0.29, 0.717) is 25.9 Å². The van der Waals surface area contributed by atoms with Crippen molar-refractivity contribution in [2.75, 3.05) is 13.1 Å². The molecule has 1 amide bonds. The molecule has 1 saturated heterocycles. The molecule has 1 aromatic heterocycles. The quantitative estimate of drug-likeness (QED) is 0.748. The normalized spacial score (nSPS) is 19.1. The lowest BCUT2D eigenvalue weighted by molar-refractivity contribution is -0.00222. The van der Waals surface area contributed by atoms with Crippen molar-refractivity contribution in [1.82, 2.24) is 9.88 Å². The van der Waals surface area contributed by atoms with E-state index in [0.717, 1.165) is 0 Å². The molecule has 0 unspecified atom stereocenters. The van der Waals surface area contributed by atoms with Gasteiger partial charge in [0.1, 0.15) is 5.69 Å². The molecular weight excluding hydrogens is 223 g/mol. The number of halogens is 1. The fourth-order valence-electron chi connectivity index (χ4n) is 1.88. The highest BCUT2D eigenvalue weighted by Gasteiger charge is 2.30. The summed E-state index contributed by atoms with van der Waals surface area (Å²) in [5.41, 5.74) is -0.585. The number of aromatic nitrogens is 1. The summed E-state index contributed by atoms with van der Waals surface area (Å²) >= 11 is 0. The van der Waals surface area contributed by atoms with Gasteiger partial charge in [0.25, 0.3) is 5.91 Å². The van der Waals surface area contributed by atoms with Crippen molar-refractivity contribution in [2.24, 2.45) is 0 Å². The fourth-order valence-corrected chi connectivity index (χ4v) is 1.88. The van der Waals surface area contributed by atoms with Gasteiger partial charge in [-0.2, -0.15) is 4.39 Å². The molecule has 5 heteroatoms. The summed E-state index contributed by atoms with van der Waals surface area (Å²) in [6.07, 6.45) is 1.07. The monoisotopic (exact) mass is 238 g/mol. The first kappa shape index (κ1) is 12.0. The Morgan fingerprint density at radius 3 is 2.71 bits per heavy atom. The van der Waals surface area contributed by atoms with Crippen LogP contribution in [-0.4, -0.2) is 39.6 Å². The zero-order valence-electron chi connectivity index (χ0n) is 9.69. The summed E-state index contributed by atoms with van der Waals surface area (Å²) in [5, 5.41) is 9.78.